The molecule has 1 aliphatic rings. The van der Waals surface area contributed by atoms with Gasteiger partial charge in [-0.2, -0.15) is 0 Å². The third-order valence-electron chi connectivity index (χ3n) is 4.48. The molecule has 3 aromatic carbocycles. The molecule has 0 saturated heterocycles. The van der Waals surface area contributed by atoms with Gasteiger partial charge in [-0.3, -0.25) is 4.79 Å². The number of amides is 1. The lowest BCUT2D eigenvalue weighted by molar-refractivity contribution is 0.0728. The van der Waals surface area contributed by atoms with E-state index in [1.165, 1.54) is 12.1 Å². The van der Waals surface area contributed by atoms with Gasteiger partial charge in [-0.05, 0) is 23.8 Å². The maximum atomic E-state index is 14.1. The Morgan fingerprint density at radius 1 is 0.923 bits per heavy atom. The number of anilines is 1. The Morgan fingerprint density at radius 3 is 2.42 bits per heavy atom. The average molecular weight is 350 g/mol. The van der Waals surface area contributed by atoms with Gasteiger partial charge < -0.3 is 10.2 Å². The molecule has 1 heterocycles. The van der Waals surface area contributed by atoms with Crippen LogP contribution in [0.15, 0.2) is 72.8 Å². The lowest BCUT2D eigenvalue weighted by Gasteiger charge is -2.27. The van der Waals surface area contributed by atoms with Crippen LogP contribution >= 0.6 is 0 Å². The maximum absolute atomic E-state index is 14.1. The van der Waals surface area contributed by atoms with Crippen LogP contribution in [0.1, 0.15) is 27.7 Å². The van der Waals surface area contributed by atoms with Crippen molar-refractivity contribution in [1.29, 1.82) is 0 Å². The maximum Gasteiger partial charge on any atom is 0.256 e. The van der Waals surface area contributed by atoms with Crippen LogP contribution in [0.4, 0.5) is 14.5 Å². The van der Waals surface area contributed by atoms with Gasteiger partial charge in [-0.15, -0.1) is 0 Å². The van der Waals surface area contributed by atoms with E-state index in [2.05, 4.69) is 5.32 Å². The molecule has 0 radical (unpaired) electrons. The fourth-order valence-electron chi connectivity index (χ4n) is 3.22. The van der Waals surface area contributed by atoms with Crippen molar-refractivity contribution in [2.24, 2.45) is 0 Å². The van der Waals surface area contributed by atoms with Crippen molar-refractivity contribution in [1.82, 2.24) is 4.90 Å². The number of nitrogens with zero attached hydrogens (tertiary/aromatic N) is 1. The summed E-state index contributed by atoms with van der Waals surface area (Å²) in [5.41, 5.74) is 2.49. The Hall–Kier alpha value is -3.21. The van der Waals surface area contributed by atoms with Gasteiger partial charge in [0.1, 0.15) is 17.8 Å². The van der Waals surface area contributed by atoms with Crippen LogP contribution in [0, 0.1) is 11.6 Å². The van der Waals surface area contributed by atoms with E-state index in [0.29, 0.717) is 12.1 Å². The lowest BCUT2D eigenvalue weighted by Crippen LogP contribution is -2.32. The van der Waals surface area contributed by atoms with Crippen LogP contribution in [0.5, 0.6) is 0 Å². The second-order valence-electron chi connectivity index (χ2n) is 6.18. The second kappa shape index (κ2) is 6.59. The first-order valence-electron chi connectivity index (χ1n) is 8.29. The summed E-state index contributed by atoms with van der Waals surface area (Å²) < 4.78 is 27.3. The molecule has 130 valence electrons. The van der Waals surface area contributed by atoms with Crippen molar-refractivity contribution in [3.8, 4) is 0 Å². The third-order valence-corrected chi connectivity index (χ3v) is 4.48. The Balaban J connectivity index is 1.71. The summed E-state index contributed by atoms with van der Waals surface area (Å²) in [6, 6.07) is 20.2. The quantitative estimate of drug-likeness (QED) is 0.738. The molecule has 0 bridgehead atoms. The average Bonchev–Trinajstić information content (AvgIpc) is 2.91. The molecule has 3 aromatic rings. The van der Waals surface area contributed by atoms with Crippen molar-refractivity contribution in [2.75, 3.05) is 5.32 Å². The molecule has 0 saturated carbocycles. The Kier molecular flexibility index (Phi) is 4.13. The minimum atomic E-state index is -0.693. The van der Waals surface area contributed by atoms with Gasteiger partial charge in [0.15, 0.2) is 0 Å². The van der Waals surface area contributed by atoms with Crippen molar-refractivity contribution in [3.63, 3.8) is 0 Å². The van der Waals surface area contributed by atoms with Crippen LogP contribution < -0.4 is 5.32 Å². The highest BCUT2D eigenvalue weighted by Crippen LogP contribution is 2.36. The van der Waals surface area contributed by atoms with Gasteiger partial charge in [0.05, 0.1) is 5.69 Å². The molecule has 0 unspecified atom stereocenters. The number of hydrogen-bond acceptors (Lipinski definition) is 2. The van der Waals surface area contributed by atoms with E-state index in [9.17, 15) is 13.6 Å². The SMILES string of the molecule is O=C1c2ccccc2[C@@H](Nc2ccc(F)cc2F)N1Cc1ccccc1. The highest BCUT2D eigenvalue weighted by atomic mass is 19.1. The van der Waals surface area contributed by atoms with Crippen LogP contribution in [0.25, 0.3) is 0 Å². The summed E-state index contributed by atoms with van der Waals surface area (Å²) >= 11 is 0. The first kappa shape index (κ1) is 16.3. The number of nitrogens with one attached hydrogen (secondary N) is 1. The van der Waals surface area contributed by atoms with Gasteiger partial charge in [0, 0.05) is 23.7 Å². The molecule has 0 aliphatic carbocycles. The van der Waals surface area contributed by atoms with E-state index in [1.54, 1.807) is 17.0 Å². The van der Waals surface area contributed by atoms with Crippen molar-refractivity contribution >= 4 is 11.6 Å². The molecule has 5 heteroatoms. The fourth-order valence-corrected chi connectivity index (χ4v) is 3.22. The van der Waals surface area contributed by atoms with Crippen LogP contribution in [0.3, 0.4) is 0 Å². The van der Waals surface area contributed by atoms with Crippen molar-refractivity contribution in [3.05, 3.63) is 101 Å². The summed E-state index contributed by atoms with van der Waals surface area (Å²) in [5, 5.41) is 3.06. The third kappa shape index (κ3) is 2.92. The van der Waals surface area contributed by atoms with Gasteiger partial charge in [0.25, 0.3) is 5.91 Å². The topological polar surface area (TPSA) is 32.3 Å². The predicted molar refractivity (Wildman–Crippen MR) is 95.5 cm³/mol. The van der Waals surface area contributed by atoms with Gasteiger partial charge >= 0.3 is 0 Å². The number of rotatable bonds is 4. The first-order chi connectivity index (χ1) is 12.6. The highest BCUT2D eigenvalue weighted by Gasteiger charge is 2.36. The van der Waals surface area contributed by atoms with Crippen molar-refractivity contribution < 1.29 is 13.6 Å². The zero-order valence-electron chi connectivity index (χ0n) is 13.8. The molecule has 0 fully saturated rings. The molecule has 4 rings (SSSR count). The van der Waals surface area contributed by atoms with E-state index in [1.807, 2.05) is 42.5 Å². The lowest BCUT2D eigenvalue weighted by atomic mass is 10.1. The minimum absolute atomic E-state index is 0.121. The standard InChI is InChI=1S/C21H16F2N2O/c22-15-10-11-19(18(23)12-15)24-20-16-8-4-5-9-17(16)21(26)25(20)13-14-6-2-1-3-7-14/h1-12,20,24H,13H2/t20-/m0/s1. The molecule has 1 aliphatic heterocycles. The van der Waals surface area contributed by atoms with Gasteiger partial charge in [0.2, 0.25) is 0 Å². The molecule has 1 amide bonds. The number of benzene rings is 3. The zero-order valence-corrected chi connectivity index (χ0v) is 13.8. The number of hydrogen-bond donors (Lipinski definition) is 1. The van der Waals surface area contributed by atoms with Crippen molar-refractivity contribution in [2.45, 2.75) is 12.7 Å². The smallest absolute Gasteiger partial charge is 0.256 e. The molecule has 1 atom stereocenters. The molecule has 0 spiro atoms. The first-order valence-corrected chi connectivity index (χ1v) is 8.29. The summed E-state index contributed by atoms with van der Waals surface area (Å²) in [7, 11) is 0. The molecule has 26 heavy (non-hydrogen) atoms. The number of carbonyl (C=O) groups excluding carboxylic acids is 1. The Bertz CT molecular complexity index is 959. The number of halogens is 2. The largest absolute Gasteiger partial charge is 0.359 e. The summed E-state index contributed by atoms with van der Waals surface area (Å²) in [6.07, 6.45) is -0.529. The van der Waals surface area contributed by atoms with E-state index in [0.717, 1.165) is 17.2 Å². The van der Waals surface area contributed by atoms with E-state index >= 15 is 0 Å². The molecular formula is C21H16F2N2O. The van der Waals surface area contributed by atoms with Gasteiger partial charge in [-0.1, -0.05) is 48.5 Å². The van der Waals surface area contributed by atoms with E-state index < -0.39 is 17.8 Å². The van der Waals surface area contributed by atoms with Crippen LogP contribution in [-0.4, -0.2) is 10.8 Å². The normalized spacial score (nSPS) is 15.8. The summed E-state index contributed by atoms with van der Waals surface area (Å²) in [6.45, 7) is 0.384. The van der Waals surface area contributed by atoms with Crippen LogP contribution in [-0.2, 0) is 6.54 Å². The van der Waals surface area contributed by atoms with Crippen LogP contribution in [0.2, 0.25) is 0 Å². The number of fused-ring (bicyclic) bond motifs is 1. The molecule has 0 aromatic heterocycles. The van der Waals surface area contributed by atoms with E-state index in [-0.39, 0.29) is 11.6 Å². The monoisotopic (exact) mass is 350 g/mol. The number of carbonyl (C=O) groups is 1. The summed E-state index contributed by atoms with van der Waals surface area (Å²) in [4.78, 5) is 14.5. The highest BCUT2D eigenvalue weighted by molar-refractivity contribution is 5.99. The molecule has 1 N–H and O–H groups in total. The minimum Gasteiger partial charge on any atom is -0.359 e. The zero-order chi connectivity index (χ0) is 18.1. The summed E-state index contributed by atoms with van der Waals surface area (Å²) in [5.74, 6) is -1.46. The van der Waals surface area contributed by atoms with E-state index in [4.69, 9.17) is 0 Å². The Morgan fingerprint density at radius 2 is 1.65 bits per heavy atom. The molecular weight excluding hydrogens is 334 g/mol. The fraction of sp³-hybridized carbons (Fsp3) is 0.0952. The second-order valence-corrected chi connectivity index (χ2v) is 6.18. The molecule has 3 nitrogen and oxygen atoms in total. The predicted octanol–water partition coefficient (Wildman–Crippen LogP) is 4.73. The Labute approximate surface area is 149 Å². The van der Waals surface area contributed by atoms with Gasteiger partial charge in [-0.25, -0.2) is 8.78 Å².